The largest absolute Gasteiger partial charge is 0.392 e. The summed E-state index contributed by atoms with van der Waals surface area (Å²) in [5, 5.41) is 9.03. The third kappa shape index (κ3) is 3.12. The van der Waals surface area contributed by atoms with E-state index in [9.17, 15) is 8.78 Å². The molecule has 4 heteroatoms. The van der Waals surface area contributed by atoms with Gasteiger partial charge in [0, 0.05) is 25.7 Å². The fraction of sp³-hybridized carbons (Fsp3) is 0.294. The van der Waals surface area contributed by atoms with Crippen molar-refractivity contribution in [2.75, 3.05) is 6.54 Å². The number of halogens is 2. The monoisotopic (exact) mass is 289 g/mol. The van der Waals surface area contributed by atoms with Gasteiger partial charge in [-0.15, -0.1) is 0 Å². The van der Waals surface area contributed by atoms with E-state index < -0.39 is 11.6 Å². The van der Waals surface area contributed by atoms with Crippen molar-refractivity contribution in [3.05, 3.63) is 70.3 Å². The summed E-state index contributed by atoms with van der Waals surface area (Å²) in [6.45, 7) is 2.10. The van der Waals surface area contributed by atoms with Crippen LogP contribution in [0.15, 0.2) is 36.4 Å². The second-order valence-corrected chi connectivity index (χ2v) is 5.46. The molecule has 1 N–H and O–H groups in total. The first-order chi connectivity index (χ1) is 10.2. The first-order valence-electron chi connectivity index (χ1n) is 7.03. The Labute approximate surface area is 122 Å². The molecule has 2 aromatic carbocycles. The standard InChI is InChI=1S/C17H17F2NO/c18-15-7-14-10-20(6-5-16(14)17(19)8-15)9-12-1-3-13(11-21)4-2-12/h1-4,7-8,21H,5-6,9-11H2. The first-order valence-corrected chi connectivity index (χ1v) is 7.03. The van der Waals surface area contributed by atoms with Gasteiger partial charge < -0.3 is 5.11 Å². The number of aliphatic hydroxyl groups is 1. The zero-order chi connectivity index (χ0) is 14.8. The van der Waals surface area contributed by atoms with Crippen molar-refractivity contribution in [2.24, 2.45) is 0 Å². The molecule has 0 aromatic heterocycles. The predicted molar refractivity (Wildman–Crippen MR) is 76.5 cm³/mol. The van der Waals surface area contributed by atoms with Gasteiger partial charge >= 0.3 is 0 Å². The highest BCUT2D eigenvalue weighted by molar-refractivity contribution is 5.32. The van der Waals surface area contributed by atoms with Crippen LogP contribution in [0.25, 0.3) is 0 Å². The van der Waals surface area contributed by atoms with Gasteiger partial charge in [0.25, 0.3) is 0 Å². The number of fused-ring (bicyclic) bond motifs is 1. The summed E-state index contributed by atoms with van der Waals surface area (Å²) in [6, 6.07) is 10.1. The summed E-state index contributed by atoms with van der Waals surface area (Å²) < 4.78 is 27.0. The topological polar surface area (TPSA) is 23.5 Å². The number of hydrogen-bond donors (Lipinski definition) is 1. The lowest BCUT2D eigenvalue weighted by Crippen LogP contribution is -2.30. The van der Waals surface area contributed by atoms with Crippen molar-refractivity contribution in [2.45, 2.75) is 26.1 Å². The van der Waals surface area contributed by atoms with Crippen LogP contribution in [-0.4, -0.2) is 16.6 Å². The van der Waals surface area contributed by atoms with Crippen LogP contribution in [0.5, 0.6) is 0 Å². The molecule has 0 saturated carbocycles. The molecule has 0 unspecified atom stereocenters. The van der Waals surface area contributed by atoms with E-state index in [-0.39, 0.29) is 6.61 Å². The van der Waals surface area contributed by atoms with Gasteiger partial charge in [0.1, 0.15) is 11.6 Å². The average molecular weight is 289 g/mol. The Balaban J connectivity index is 1.73. The van der Waals surface area contributed by atoms with E-state index in [1.54, 1.807) is 0 Å². The molecule has 2 aromatic rings. The molecule has 0 aliphatic carbocycles. The highest BCUT2D eigenvalue weighted by atomic mass is 19.1. The second-order valence-electron chi connectivity index (χ2n) is 5.46. The smallest absolute Gasteiger partial charge is 0.129 e. The molecule has 0 atom stereocenters. The number of aliphatic hydroxyl groups excluding tert-OH is 1. The maximum atomic E-state index is 13.7. The lowest BCUT2D eigenvalue weighted by molar-refractivity contribution is 0.242. The Bertz CT molecular complexity index is 640. The van der Waals surface area contributed by atoms with Crippen molar-refractivity contribution in [1.29, 1.82) is 0 Å². The van der Waals surface area contributed by atoms with E-state index in [1.807, 2.05) is 24.3 Å². The molecule has 0 saturated heterocycles. The summed E-state index contributed by atoms with van der Waals surface area (Å²) >= 11 is 0. The minimum Gasteiger partial charge on any atom is -0.392 e. The molecule has 0 fully saturated rings. The summed E-state index contributed by atoms with van der Waals surface area (Å²) in [5.74, 6) is -0.947. The van der Waals surface area contributed by atoms with Crippen molar-refractivity contribution in [3.63, 3.8) is 0 Å². The van der Waals surface area contributed by atoms with Gasteiger partial charge in [-0.2, -0.15) is 0 Å². The van der Waals surface area contributed by atoms with E-state index in [4.69, 9.17) is 5.11 Å². The third-order valence-electron chi connectivity index (χ3n) is 3.94. The van der Waals surface area contributed by atoms with Crippen molar-refractivity contribution in [1.82, 2.24) is 4.90 Å². The fourth-order valence-electron chi connectivity index (χ4n) is 2.81. The van der Waals surface area contributed by atoms with Gasteiger partial charge in [-0.1, -0.05) is 24.3 Å². The summed E-state index contributed by atoms with van der Waals surface area (Å²) in [7, 11) is 0. The van der Waals surface area contributed by atoms with Crippen LogP contribution in [0.3, 0.4) is 0 Å². The molecule has 21 heavy (non-hydrogen) atoms. The highest BCUT2D eigenvalue weighted by Gasteiger charge is 2.20. The van der Waals surface area contributed by atoms with Crippen LogP contribution in [0.1, 0.15) is 22.3 Å². The first kappa shape index (κ1) is 14.2. The minimum atomic E-state index is -0.514. The van der Waals surface area contributed by atoms with Crippen LogP contribution in [0.2, 0.25) is 0 Å². The molecule has 110 valence electrons. The maximum absolute atomic E-state index is 13.7. The van der Waals surface area contributed by atoms with E-state index in [1.165, 1.54) is 6.07 Å². The minimum absolute atomic E-state index is 0.0376. The molecule has 1 heterocycles. The van der Waals surface area contributed by atoms with Gasteiger partial charge in [-0.3, -0.25) is 4.90 Å². The van der Waals surface area contributed by atoms with Gasteiger partial charge in [0.05, 0.1) is 6.61 Å². The Morgan fingerprint density at radius 2 is 1.76 bits per heavy atom. The van der Waals surface area contributed by atoms with E-state index in [0.29, 0.717) is 18.5 Å². The summed E-state index contributed by atoms with van der Waals surface area (Å²) in [4.78, 5) is 2.18. The van der Waals surface area contributed by atoms with Crippen LogP contribution < -0.4 is 0 Å². The van der Waals surface area contributed by atoms with Crippen molar-refractivity contribution >= 4 is 0 Å². The Morgan fingerprint density at radius 3 is 2.48 bits per heavy atom. The van der Waals surface area contributed by atoms with E-state index in [2.05, 4.69) is 4.90 Å². The van der Waals surface area contributed by atoms with Gasteiger partial charge in [0.2, 0.25) is 0 Å². The van der Waals surface area contributed by atoms with E-state index in [0.717, 1.165) is 35.8 Å². The molecule has 1 aliphatic heterocycles. The molecular formula is C17H17F2NO. The van der Waals surface area contributed by atoms with Crippen molar-refractivity contribution in [3.8, 4) is 0 Å². The molecule has 0 amide bonds. The Morgan fingerprint density at radius 1 is 1.05 bits per heavy atom. The maximum Gasteiger partial charge on any atom is 0.129 e. The molecule has 3 rings (SSSR count). The van der Waals surface area contributed by atoms with Crippen LogP contribution in [0, 0.1) is 11.6 Å². The van der Waals surface area contributed by atoms with Crippen LogP contribution >= 0.6 is 0 Å². The molecule has 0 radical (unpaired) electrons. The molecule has 1 aliphatic rings. The number of nitrogens with zero attached hydrogens (tertiary/aromatic N) is 1. The molecule has 2 nitrogen and oxygen atoms in total. The molecular weight excluding hydrogens is 272 g/mol. The van der Waals surface area contributed by atoms with Gasteiger partial charge in [-0.25, -0.2) is 8.78 Å². The van der Waals surface area contributed by atoms with Crippen LogP contribution in [-0.2, 0) is 26.1 Å². The second kappa shape index (κ2) is 5.92. The zero-order valence-electron chi connectivity index (χ0n) is 11.6. The third-order valence-corrected chi connectivity index (χ3v) is 3.94. The highest BCUT2D eigenvalue weighted by Crippen LogP contribution is 2.24. The molecule has 0 spiro atoms. The normalized spacial score (nSPS) is 15.0. The number of hydrogen-bond acceptors (Lipinski definition) is 2. The van der Waals surface area contributed by atoms with E-state index >= 15 is 0 Å². The Kier molecular flexibility index (Phi) is 3.99. The van der Waals surface area contributed by atoms with Crippen LogP contribution in [0.4, 0.5) is 8.78 Å². The lowest BCUT2D eigenvalue weighted by atomic mass is 9.98. The lowest BCUT2D eigenvalue weighted by Gasteiger charge is -2.29. The summed E-state index contributed by atoms with van der Waals surface area (Å²) in [5.41, 5.74) is 3.40. The predicted octanol–water partition coefficient (Wildman–Crippen LogP) is 3.02. The summed E-state index contributed by atoms with van der Waals surface area (Å²) in [6.07, 6.45) is 0.607. The van der Waals surface area contributed by atoms with Crippen molar-refractivity contribution < 1.29 is 13.9 Å². The fourth-order valence-corrected chi connectivity index (χ4v) is 2.81. The Hall–Kier alpha value is -1.78. The quantitative estimate of drug-likeness (QED) is 0.939. The molecule has 0 bridgehead atoms. The SMILES string of the molecule is OCc1ccc(CN2CCc3c(F)cc(F)cc3C2)cc1. The zero-order valence-corrected chi connectivity index (χ0v) is 11.6. The van der Waals surface area contributed by atoms with Gasteiger partial charge in [-0.05, 0) is 34.7 Å². The number of rotatable bonds is 3. The number of benzene rings is 2. The van der Waals surface area contributed by atoms with Gasteiger partial charge in [0.15, 0.2) is 0 Å². The average Bonchev–Trinajstić information content (AvgIpc) is 2.47.